The minimum absolute atomic E-state index is 0.649. The molecule has 0 saturated carbocycles. The molecule has 1 aliphatic heterocycles. The first-order valence-corrected chi connectivity index (χ1v) is 8.53. The normalized spacial score (nSPS) is 17.1. The molecular formula is C12H16N4OS2. The van der Waals surface area contributed by atoms with Crippen molar-refractivity contribution in [2.45, 2.75) is 6.92 Å². The van der Waals surface area contributed by atoms with Gasteiger partial charge in [-0.1, -0.05) is 0 Å². The molecule has 3 rings (SSSR count). The molecule has 2 aromatic rings. The van der Waals surface area contributed by atoms with E-state index >= 15 is 0 Å². The Kier molecular flexibility index (Phi) is 3.40. The van der Waals surface area contributed by atoms with Gasteiger partial charge in [-0.05, 0) is 13.0 Å². The molecule has 0 spiro atoms. The fourth-order valence-corrected chi connectivity index (χ4v) is 4.16. The highest BCUT2D eigenvalue weighted by atomic mass is 32.2. The molecule has 0 aliphatic carbocycles. The number of fused-ring (bicyclic) bond motifs is 1. The second-order valence-corrected chi connectivity index (χ2v) is 7.46. The summed E-state index contributed by atoms with van der Waals surface area (Å²) in [4.78, 5) is 13.6. The first kappa shape index (κ1) is 12.8. The first-order chi connectivity index (χ1) is 9.17. The second-order valence-electron chi connectivity index (χ2n) is 4.53. The predicted molar refractivity (Wildman–Crippen MR) is 81.8 cm³/mol. The van der Waals surface area contributed by atoms with Gasteiger partial charge in [-0.2, -0.15) is 4.98 Å². The van der Waals surface area contributed by atoms with Crippen LogP contribution < -0.4 is 10.2 Å². The zero-order valence-electron chi connectivity index (χ0n) is 11.0. The number of thiophene rings is 1. The molecule has 3 heterocycles. The third-order valence-corrected chi connectivity index (χ3v) is 5.42. The maximum Gasteiger partial charge on any atom is 0.225 e. The SMILES string of the molecule is CNc1nc(N2CCS(=O)CC2)c2cc(C)sc2n1. The van der Waals surface area contributed by atoms with Gasteiger partial charge >= 0.3 is 0 Å². The predicted octanol–water partition coefficient (Wildman–Crippen LogP) is 1.61. The second kappa shape index (κ2) is 5.05. The van der Waals surface area contributed by atoms with E-state index in [0.717, 1.165) is 40.6 Å². The number of rotatable bonds is 2. The van der Waals surface area contributed by atoms with Gasteiger partial charge in [0.25, 0.3) is 0 Å². The third kappa shape index (κ3) is 2.44. The van der Waals surface area contributed by atoms with E-state index in [0.29, 0.717) is 5.95 Å². The molecule has 0 amide bonds. The molecule has 0 bridgehead atoms. The Morgan fingerprint density at radius 3 is 2.79 bits per heavy atom. The van der Waals surface area contributed by atoms with E-state index in [2.05, 4.69) is 33.2 Å². The van der Waals surface area contributed by atoms with Crippen LogP contribution in [0.1, 0.15) is 4.88 Å². The molecule has 0 aromatic carbocycles. The highest BCUT2D eigenvalue weighted by Gasteiger charge is 2.20. The van der Waals surface area contributed by atoms with E-state index < -0.39 is 10.8 Å². The number of nitrogens with one attached hydrogen (secondary N) is 1. The lowest BCUT2D eigenvalue weighted by molar-refractivity contribution is 0.672. The number of anilines is 2. The van der Waals surface area contributed by atoms with Crippen LogP contribution in [0.25, 0.3) is 10.2 Å². The van der Waals surface area contributed by atoms with Crippen LogP contribution in [0.3, 0.4) is 0 Å². The standard InChI is InChI=1S/C12H16N4OS2/c1-8-7-9-10(16-3-5-19(17)6-4-16)14-12(13-2)15-11(9)18-8/h7H,3-6H2,1-2H3,(H,13,14,15). The van der Waals surface area contributed by atoms with Gasteiger partial charge in [0.15, 0.2) is 0 Å². The van der Waals surface area contributed by atoms with Crippen molar-refractivity contribution in [1.82, 2.24) is 9.97 Å². The van der Waals surface area contributed by atoms with Crippen molar-refractivity contribution in [3.8, 4) is 0 Å². The first-order valence-electron chi connectivity index (χ1n) is 6.23. The minimum Gasteiger partial charge on any atom is -0.357 e. The Morgan fingerprint density at radius 1 is 1.37 bits per heavy atom. The van der Waals surface area contributed by atoms with Crippen LogP contribution in [0, 0.1) is 6.92 Å². The topological polar surface area (TPSA) is 58.1 Å². The number of hydrogen-bond acceptors (Lipinski definition) is 6. The molecule has 7 heteroatoms. The number of nitrogens with zero attached hydrogens (tertiary/aromatic N) is 3. The van der Waals surface area contributed by atoms with Crippen molar-refractivity contribution in [2.75, 3.05) is 41.9 Å². The van der Waals surface area contributed by atoms with Gasteiger partial charge in [0.2, 0.25) is 5.95 Å². The molecule has 1 fully saturated rings. The van der Waals surface area contributed by atoms with E-state index in [9.17, 15) is 4.21 Å². The van der Waals surface area contributed by atoms with Crippen LogP contribution in [0.15, 0.2) is 6.07 Å². The lowest BCUT2D eigenvalue weighted by Crippen LogP contribution is -2.38. The summed E-state index contributed by atoms with van der Waals surface area (Å²) >= 11 is 1.68. The lowest BCUT2D eigenvalue weighted by Gasteiger charge is -2.28. The molecule has 1 saturated heterocycles. The summed E-state index contributed by atoms with van der Waals surface area (Å²) in [5, 5.41) is 4.12. The average molecular weight is 296 g/mol. The monoisotopic (exact) mass is 296 g/mol. The highest BCUT2D eigenvalue weighted by molar-refractivity contribution is 7.85. The van der Waals surface area contributed by atoms with Gasteiger partial charge in [0.1, 0.15) is 10.6 Å². The fourth-order valence-electron chi connectivity index (χ4n) is 2.23. The molecule has 102 valence electrons. The summed E-state index contributed by atoms with van der Waals surface area (Å²) < 4.78 is 11.5. The largest absolute Gasteiger partial charge is 0.357 e. The zero-order chi connectivity index (χ0) is 13.4. The van der Waals surface area contributed by atoms with Gasteiger partial charge in [0, 0.05) is 47.3 Å². The quantitative estimate of drug-likeness (QED) is 0.912. The molecular weight excluding hydrogens is 280 g/mol. The molecule has 19 heavy (non-hydrogen) atoms. The number of hydrogen-bond donors (Lipinski definition) is 1. The fraction of sp³-hybridized carbons (Fsp3) is 0.500. The zero-order valence-corrected chi connectivity index (χ0v) is 12.6. The van der Waals surface area contributed by atoms with E-state index in [1.54, 1.807) is 11.3 Å². The van der Waals surface area contributed by atoms with E-state index in [1.807, 2.05) is 7.05 Å². The summed E-state index contributed by atoms with van der Waals surface area (Å²) in [6.45, 7) is 3.69. The maximum atomic E-state index is 11.5. The van der Waals surface area contributed by atoms with Crippen molar-refractivity contribution in [3.05, 3.63) is 10.9 Å². The van der Waals surface area contributed by atoms with E-state index in [1.165, 1.54) is 4.88 Å². The molecule has 1 N–H and O–H groups in total. The molecule has 2 aromatic heterocycles. The average Bonchev–Trinajstić information content (AvgIpc) is 2.78. The van der Waals surface area contributed by atoms with E-state index in [4.69, 9.17) is 0 Å². The van der Waals surface area contributed by atoms with Crippen molar-refractivity contribution in [1.29, 1.82) is 0 Å². The van der Waals surface area contributed by atoms with Crippen molar-refractivity contribution < 1.29 is 4.21 Å². The maximum absolute atomic E-state index is 11.5. The summed E-state index contributed by atoms with van der Waals surface area (Å²) in [7, 11) is 1.16. The van der Waals surface area contributed by atoms with Crippen LogP contribution >= 0.6 is 11.3 Å². The van der Waals surface area contributed by atoms with Crippen molar-refractivity contribution in [3.63, 3.8) is 0 Å². The van der Waals surface area contributed by atoms with Crippen LogP contribution in [-0.2, 0) is 10.8 Å². The van der Waals surface area contributed by atoms with Crippen LogP contribution in [-0.4, -0.2) is 45.8 Å². The molecule has 0 unspecified atom stereocenters. The smallest absolute Gasteiger partial charge is 0.225 e. The summed E-state index contributed by atoms with van der Waals surface area (Å²) in [5.74, 6) is 3.07. The summed E-state index contributed by atoms with van der Waals surface area (Å²) in [6.07, 6.45) is 0. The van der Waals surface area contributed by atoms with Gasteiger partial charge in [-0.3, -0.25) is 4.21 Å². The summed E-state index contributed by atoms with van der Waals surface area (Å²) in [5.41, 5.74) is 0. The van der Waals surface area contributed by atoms with Gasteiger partial charge < -0.3 is 10.2 Å². The summed E-state index contributed by atoms with van der Waals surface area (Å²) in [6, 6.07) is 2.14. The molecule has 0 atom stereocenters. The van der Waals surface area contributed by atoms with E-state index in [-0.39, 0.29) is 0 Å². The minimum atomic E-state index is -0.668. The molecule has 5 nitrogen and oxygen atoms in total. The van der Waals surface area contributed by atoms with Crippen LogP contribution in [0.4, 0.5) is 11.8 Å². The van der Waals surface area contributed by atoms with Gasteiger partial charge in [0.05, 0.1) is 5.39 Å². The molecule has 0 radical (unpaired) electrons. The van der Waals surface area contributed by atoms with Crippen molar-refractivity contribution >= 4 is 44.1 Å². The van der Waals surface area contributed by atoms with Crippen LogP contribution in [0.2, 0.25) is 0 Å². The third-order valence-electron chi connectivity index (χ3n) is 3.20. The van der Waals surface area contributed by atoms with Crippen LogP contribution in [0.5, 0.6) is 0 Å². The van der Waals surface area contributed by atoms with Gasteiger partial charge in [-0.15, -0.1) is 11.3 Å². The Hall–Kier alpha value is -1.21. The Balaban J connectivity index is 2.07. The van der Waals surface area contributed by atoms with Crippen molar-refractivity contribution in [2.24, 2.45) is 0 Å². The highest BCUT2D eigenvalue weighted by Crippen LogP contribution is 2.32. The Morgan fingerprint density at radius 2 is 2.11 bits per heavy atom. The van der Waals surface area contributed by atoms with Gasteiger partial charge in [-0.25, -0.2) is 4.98 Å². The molecule has 1 aliphatic rings. The lowest BCUT2D eigenvalue weighted by atomic mass is 10.3. The number of aromatic nitrogens is 2. The Labute approximate surface area is 118 Å². The number of aryl methyl sites for hydroxylation is 1. The Bertz CT molecular complexity index is 630.